The number of pyridine rings is 1. The van der Waals surface area contributed by atoms with Crippen molar-refractivity contribution in [3.63, 3.8) is 0 Å². The van der Waals surface area contributed by atoms with Crippen LogP contribution in [0.4, 0.5) is 24.7 Å². The molecule has 0 spiro atoms. The molecule has 140 valence electrons. The van der Waals surface area contributed by atoms with Gasteiger partial charge >= 0.3 is 6.18 Å². The lowest BCUT2D eigenvalue weighted by atomic mass is 10.1. The van der Waals surface area contributed by atoms with E-state index in [1.807, 2.05) is 0 Å². The van der Waals surface area contributed by atoms with E-state index in [1.54, 1.807) is 13.2 Å². The minimum atomic E-state index is -4.64. The molecule has 1 aromatic carbocycles. The van der Waals surface area contributed by atoms with E-state index in [1.165, 1.54) is 18.3 Å². The maximum atomic E-state index is 13.1. The normalized spacial score (nSPS) is 11.3. The molecule has 5 nitrogen and oxygen atoms in total. The van der Waals surface area contributed by atoms with Crippen LogP contribution in [0.15, 0.2) is 36.5 Å². The number of hydrogen-bond acceptors (Lipinski definition) is 4. The zero-order chi connectivity index (χ0) is 19.2. The predicted molar refractivity (Wildman–Crippen MR) is 93.6 cm³/mol. The van der Waals surface area contributed by atoms with E-state index in [0.29, 0.717) is 19.0 Å². The topological polar surface area (TPSA) is 63.2 Å². The average molecular weight is 388 g/mol. The summed E-state index contributed by atoms with van der Waals surface area (Å²) in [6.45, 7) is 1.25. The molecule has 0 bridgehead atoms. The summed E-state index contributed by atoms with van der Waals surface area (Å²) in [6.07, 6.45) is -2.56. The van der Waals surface area contributed by atoms with Gasteiger partial charge in [0.15, 0.2) is 0 Å². The Hall–Kier alpha value is -2.32. The Kier molecular flexibility index (Phi) is 6.82. The first kappa shape index (κ1) is 20.0. The van der Waals surface area contributed by atoms with Gasteiger partial charge in [-0.1, -0.05) is 11.6 Å². The number of alkyl halides is 3. The molecule has 1 amide bonds. The summed E-state index contributed by atoms with van der Waals surface area (Å²) in [4.78, 5) is 16.3. The second kappa shape index (κ2) is 8.86. The Bertz CT molecular complexity index is 752. The summed E-state index contributed by atoms with van der Waals surface area (Å²) in [5.74, 6) is -0.142. The number of ether oxygens (including phenoxy) is 1. The number of rotatable bonds is 7. The number of nitrogens with one attached hydrogen (secondary N) is 2. The van der Waals surface area contributed by atoms with Gasteiger partial charge in [-0.3, -0.25) is 4.79 Å². The number of hydrogen-bond donors (Lipinski definition) is 2. The van der Waals surface area contributed by atoms with Crippen molar-refractivity contribution >= 4 is 29.0 Å². The van der Waals surface area contributed by atoms with Gasteiger partial charge in [0.1, 0.15) is 5.82 Å². The molecule has 0 fully saturated rings. The van der Waals surface area contributed by atoms with Crippen LogP contribution in [0, 0.1) is 0 Å². The Morgan fingerprint density at radius 3 is 2.65 bits per heavy atom. The van der Waals surface area contributed by atoms with Gasteiger partial charge in [-0.25, -0.2) is 4.98 Å². The fraction of sp³-hybridized carbons (Fsp3) is 0.294. The average Bonchev–Trinajstić information content (AvgIpc) is 2.60. The van der Waals surface area contributed by atoms with E-state index < -0.39 is 17.6 Å². The van der Waals surface area contributed by atoms with Gasteiger partial charge in [0.25, 0.3) is 5.91 Å². The SMILES string of the molecule is COCCCNc1ccc(C(=O)Nc2ccc(Cl)cc2C(F)(F)F)cn1. The monoisotopic (exact) mass is 387 g/mol. The first-order valence-electron chi connectivity index (χ1n) is 7.68. The molecule has 9 heteroatoms. The highest BCUT2D eigenvalue weighted by atomic mass is 35.5. The summed E-state index contributed by atoms with van der Waals surface area (Å²) >= 11 is 5.62. The van der Waals surface area contributed by atoms with Crippen LogP contribution in [0.2, 0.25) is 5.02 Å². The molecule has 0 saturated heterocycles. The van der Waals surface area contributed by atoms with Crippen molar-refractivity contribution in [2.24, 2.45) is 0 Å². The Labute approximate surface area is 153 Å². The fourth-order valence-electron chi connectivity index (χ4n) is 2.12. The molecule has 0 atom stereocenters. The lowest BCUT2D eigenvalue weighted by Gasteiger charge is -2.14. The van der Waals surface area contributed by atoms with Crippen molar-refractivity contribution < 1.29 is 22.7 Å². The van der Waals surface area contributed by atoms with Crippen molar-refractivity contribution in [3.8, 4) is 0 Å². The third-order valence-corrected chi connectivity index (χ3v) is 3.63. The van der Waals surface area contributed by atoms with Crippen molar-refractivity contribution in [3.05, 3.63) is 52.7 Å². The highest BCUT2D eigenvalue weighted by Crippen LogP contribution is 2.36. The molecule has 1 heterocycles. The van der Waals surface area contributed by atoms with Gasteiger partial charge in [0.05, 0.1) is 16.8 Å². The van der Waals surface area contributed by atoms with Crippen LogP contribution >= 0.6 is 11.6 Å². The zero-order valence-electron chi connectivity index (χ0n) is 13.9. The maximum Gasteiger partial charge on any atom is 0.418 e. The van der Waals surface area contributed by atoms with Crippen molar-refractivity contribution in [2.45, 2.75) is 12.6 Å². The Morgan fingerprint density at radius 2 is 2.04 bits per heavy atom. The number of halogens is 4. The van der Waals surface area contributed by atoms with Gasteiger partial charge in [-0.15, -0.1) is 0 Å². The van der Waals surface area contributed by atoms with Gasteiger partial charge in [0.2, 0.25) is 0 Å². The van der Waals surface area contributed by atoms with Crippen molar-refractivity contribution in [1.29, 1.82) is 0 Å². The number of carbonyl (C=O) groups excluding carboxylic acids is 1. The summed E-state index contributed by atoms with van der Waals surface area (Å²) in [5, 5.41) is 5.22. The second-order valence-electron chi connectivity index (χ2n) is 5.35. The fourth-order valence-corrected chi connectivity index (χ4v) is 2.29. The van der Waals surface area contributed by atoms with Crippen molar-refractivity contribution in [1.82, 2.24) is 4.98 Å². The highest BCUT2D eigenvalue weighted by Gasteiger charge is 2.34. The molecule has 0 unspecified atom stereocenters. The van der Waals surface area contributed by atoms with Crippen LogP contribution in [0.5, 0.6) is 0 Å². The number of aromatic nitrogens is 1. The molecule has 0 radical (unpaired) electrons. The number of anilines is 2. The van der Waals surface area contributed by atoms with Crippen LogP contribution in [0.25, 0.3) is 0 Å². The zero-order valence-corrected chi connectivity index (χ0v) is 14.6. The molecule has 1 aromatic heterocycles. The van der Waals surface area contributed by atoms with Crippen LogP contribution in [-0.2, 0) is 10.9 Å². The van der Waals surface area contributed by atoms with E-state index in [0.717, 1.165) is 18.6 Å². The minimum absolute atomic E-state index is 0.0686. The minimum Gasteiger partial charge on any atom is -0.385 e. The summed E-state index contributed by atoms with van der Waals surface area (Å²) < 4.78 is 44.1. The van der Waals surface area contributed by atoms with E-state index in [4.69, 9.17) is 16.3 Å². The number of nitrogens with zero attached hydrogens (tertiary/aromatic N) is 1. The number of benzene rings is 1. The molecule has 0 aliphatic carbocycles. The number of carbonyl (C=O) groups is 1. The first-order chi connectivity index (χ1) is 12.3. The summed E-state index contributed by atoms with van der Waals surface area (Å²) in [5.41, 5.74) is -1.24. The van der Waals surface area contributed by atoms with E-state index in [-0.39, 0.29) is 16.3 Å². The molecule has 2 aromatic rings. The quantitative estimate of drug-likeness (QED) is 0.689. The summed E-state index contributed by atoms with van der Waals surface area (Å²) in [7, 11) is 1.61. The smallest absolute Gasteiger partial charge is 0.385 e. The predicted octanol–water partition coefficient (Wildman–Crippen LogP) is 4.45. The number of methoxy groups -OCH3 is 1. The lowest BCUT2D eigenvalue weighted by molar-refractivity contribution is -0.136. The van der Waals surface area contributed by atoms with E-state index in [9.17, 15) is 18.0 Å². The lowest BCUT2D eigenvalue weighted by Crippen LogP contribution is -2.17. The standard InChI is InChI=1S/C17H17ClF3N3O2/c1-26-8-2-7-22-15-6-3-11(10-23-15)16(25)24-14-5-4-12(18)9-13(14)17(19,20)21/h3-6,9-10H,2,7-8H2,1H3,(H,22,23)(H,24,25). The molecule has 2 rings (SSSR count). The van der Waals surface area contributed by atoms with Crippen LogP contribution < -0.4 is 10.6 Å². The molecular formula is C17H17ClF3N3O2. The Morgan fingerprint density at radius 1 is 1.27 bits per heavy atom. The van der Waals surface area contributed by atoms with Gasteiger partial charge < -0.3 is 15.4 Å². The molecule has 0 aliphatic rings. The van der Waals surface area contributed by atoms with Crippen LogP contribution in [0.1, 0.15) is 22.3 Å². The molecular weight excluding hydrogens is 371 g/mol. The van der Waals surface area contributed by atoms with Crippen molar-refractivity contribution in [2.75, 3.05) is 30.9 Å². The third kappa shape index (κ3) is 5.60. The largest absolute Gasteiger partial charge is 0.418 e. The van der Waals surface area contributed by atoms with E-state index in [2.05, 4.69) is 15.6 Å². The second-order valence-corrected chi connectivity index (χ2v) is 5.78. The van der Waals surface area contributed by atoms with Gasteiger partial charge in [-0.2, -0.15) is 13.2 Å². The van der Waals surface area contributed by atoms with Gasteiger partial charge in [-0.05, 0) is 36.8 Å². The van der Waals surface area contributed by atoms with Gasteiger partial charge in [0, 0.05) is 31.5 Å². The molecule has 26 heavy (non-hydrogen) atoms. The van der Waals surface area contributed by atoms with E-state index >= 15 is 0 Å². The first-order valence-corrected chi connectivity index (χ1v) is 8.06. The maximum absolute atomic E-state index is 13.1. The molecule has 0 aliphatic heterocycles. The van der Waals surface area contributed by atoms with Crippen LogP contribution in [0.3, 0.4) is 0 Å². The molecule has 2 N–H and O–H groups in total. The highest BCUT2D eigenvalue weighted by molar-refractivity contribution is 6.30. The summed E-state index contributed by atoms with van der Waals surface area (Å²) in [6, 6.07) is 6.21. The molecule has 0 saturated carbocycles. The van der Waals surface area contributed by atoms with Crippen LogP contribution in [-0.4, -0.2) is 31.2 Å². The third-order valence-electron chi connectivity index (χ3n) is 3.39. The Balaban J connectivity index is 2.06. The number of amides is 1.